The van der Waals surface area contributed by atoms with Gasteiger partial charge in [-0.05, 0) is 36.0 Å². The third-order valence-electron chi connectivity index (χ3n) is 7.04. The Morgan fingerprint density at radius 3 is 2.08 bits per heavy atom. The standard InChI is InChI=1S/C29H32N4O6/c1-19(34)38-26(27(39-20(2)35)29(37)33-17-22-8-4-5-9-23(22)18-33)28(36)31-16-21-12-14-32(15-13-21)25-11-7-6-10-24(25)30-3/h4-11,21,26-27H,12-18H2,1-2H3,(H,31,36)/t26-,27-/m1/s1. The quantitative estimate of drug-likeness (QED) is 0.411. The molecule has 0 bridgehead atoms. The third kappa shape index (κ3) is 6.74. The van der Waals surface area contributed by atoms with Crippen molar-refractivity contribution in [2.24, 2.45) is 5.92 Å². The minimum Gasteiger partial charge on any atom is -0.448 e. The maximum Gasteiger partial charge on any atom is 0.303 e. The number of carbonyl (C=O) groups is 4. The van der Waals surface area contributed by atoms with Gasteiger partial charge in [0.2, 0.25) is 17.9 Å². The van der Waals surface area contributed by atoms with Gasteiger partial charge in [0.05, 0.1) is 6.57 Å². The first-order valence-corrected chi connectivity index (χ1v) is 13.0. The molecule has 0 radical (unpaired) electrons. The Morgan fingerprint density at radius 1 is 0.923 bits per heavy atom. The van der Waals surface area contributed by atoms with E-state index in [1.165, 1.54) is 4.90 Å². The van der Waals surface area contributed by atoms with Crippen molar-refractivity contribution in [3.63, 3.8) is 0 Å². The Morgan fingerprint density at radius 2 is 1.49 bits per heavy atom. The van der Waals surface area contributed by atoms with E-state index in [0.717, 1.165) is 56.6 Å². The summed E-state index contributed by atoms with van der Waals surface area (Å²) in [5.41, 5.74) is 3.44. The molecular weight excluding hydrogens is 500 g/mol. The van der Waals surface area contributed by atoms with Gasteiger partial charge in [-0.3, -0.25) is 19.2 Å². The summed E-state index contributed by atoms with van der Waals surface area (Å²) >= 11 is 0. The van der Waals surface area contributed by atoms with Crippen LogP contribution in [-0.4, -0.2) is 60.5 Å². The Labute approximate surface area is 227 Å². The number of hydrogen-bond acceptors (Lipinski definition) is 7. The molecule has 0 unspecified atom stereocenters. The fourth-order valence-electron chi connectivity index (χ4n) is 5.07. The molecule has 1 fully saturated rings. The molecule has 1 N–H and O–H groups in total. The number of hydrogen-bond donors (Lipinski definition) is 1. The first-order chi connectivity index (χ1) is 18.8. The number of esters is 2. The number of rotatable bonds is 8. The van der Waals surface area contributed by atoms with Crippen LogP contribution in [0.25, 0.3) is 4.85 Å². The van der Waals surface area contributed by atoms with Gasteiger partial charge in [0.25, 0.3) is 11.8 Å². The Bertz CT molecular complexity index is 1260. The van der Waals surface area contributed by atoms with Crippen LogP contribution >= 0.6 is 0 Å². The lowest BCUT2D eigenvalue weighted by atomic mass is 9.96. The van der Waals surface area contributed by atoms with E-state index in [1.807, 2.05) is 42.5 Å². The zero-order chi connectivity index (χ0) is 27.9. The van der Waals surface area contributed by atoms with Crippen molar-refractivity contribution in [2.75, 3.05) is 24.5 Å². The summed E-state index contributed by atoms with van der Waals surface area (Å²) in [6.45, 7) is 12.0. The average Bonchev–Trinajstić information content (AvgIpc) is 3.37. The van der Waals surface area contributed by atoms with Crippen LogP contribution < -0.4 is 10.2 Å². The van der Waals surface area contributed by atoms with Crippen LogP contribution in [0.5, 0.6) is 0 Å². The highest BCUT2D eigenvalue weighted by atomic mass is 16.6. The monoisotopic (exact) mass is 532 g/mol. The second kappa shape index (κ2) is 12.4. The molecule has 2 amide bonds. The van der Waals surface area contributed by atoms with Gasteiger partial charge in [0.15, 0.2) is 0 Å². The molecule has 0 spiro atoms. The third-order valence-corrected chi connectivity index (χ3v) is 7.04. The van der Waals surface area contributed by atoms with Gasteiger partial charge in [-0.25, -0.2) is 4.85 Å². The fourth-order valence-corrected chi connectivity index (χ4v) is 5.07. The van der Waals surface area contributed by atoms with Crippen molar-refractivity contribution < 1.29 is 28.7 Å². The molecule has 1 saturated heterocycles. The van der Waals surface area contributed by atoms with E-state index in [9.17, 15) is 19.2 Å². The van der Waals surface area contributed by atoms with Gasteiger partial charge in [-0.1, -0.05) is 42.5 Å². The maximum absolute atomic E-state index is 13.5. The highest BCUT2D eigenvalue weighted by molar-refractivity contribution is 5.93. The largest absolute Gasteiger partial charge is 0.448 e. The summed E-state index contributed by atoms with van der Waals surface area (Å²) in [7, 11) is 0. The second-order valence-corrected chi connectivity index (χ2v) is 9.80. The normalized spacial score (nSPS) is 16.4. The molecule has 2 aromatic rings. The van der Waals surface area contributed by atoms with E-state index >= 15 is 0 Å². The van der Waals surface area contributed by atoms with Gasteiger partial charge in [-0.2, -0.15) is 0 Å². The molecule has 2 heterocycles. The molecule has 4 rings (SSSR count). The predicted octanol–water partition coefficient (Wildman–Crippen LogP) is 2.98. The lowest BCUT2D eigenvalue weighted by molar-refractivity contribution is -0.178. The molecule has 0 aliphatic carbocycles. The van der Waals surface area contributed by atoms with E-state index in [-0.39, 0.29) is 5.92 Å². The highest BCUT2D eigenvalue weighted by Crippen LogP contribution is 2.31. The van der Waals surface area contributed by atoms with E-state index in [0.29, 0.717) is 25.3 Å². The molecule has 2 atom stereocenters. The summed E-state index contributed by atoms with van der Waals surface area (Å²) in [6.07, 6.45) is -1.66. The maximum atomic E-state index is 13.5. The summed E-state index contributed by atoms with van der Waals surface area (Å²) in [5.74, 6) is -2.67. The van der Waals surface area contributed by atoms with Crippen LogP contribution in [-0.2, 0) is 41.7 Å². The molecule has 0 aromatic heterocycles. The van der Waals surface area contributed by atoms with Crippen molar-refractivity contribution in [2.45, 2.75) is 52.0 Å². The molecule has 204 valence electrons. The fraction of sp³-hybridized carbons (Fsp3) is 0.414. The molecule has 2 aromatic carbocycles. The van der Waals surface area contributed by atoms with Gasteiger partial charge in [0, 0.05) is 52.3 Å². The number of benzene rings is 2. The Kier molecular flexibility index (Phi) is 8.81. The number of ether oxygens (including phenoxy) is 2. The van der Waals surface area contributed by atoms with Crippen molar-refractivity contribution in [1.82, 2.24) is 10.2 Å². The van der Waals surface area contributed by atoms with Crippen molar-refractivity contribution in [3.05, 3.63) is 71.1 Å². The summed E-state index contributed by atoms with van der Waals surface area (Å²) in [5, 5.41) is 2.81. The number of anilines is 1. The van der Waals surface area contributed by atoms with Gasteiger partial charge >= 0.3 is 11.9 Å². The van der Waals surface area contributed by atoms with E-state index in [4.69, 9.17) is 16.0 Å². The number of nitrogens with zero attached hydrogens (tertiary/aromatic N) is 3. The summed E-state index contributed by atoms with van der Waals surface area (Å²) in [4.78, 5) is 57.8. The second-order valence-electron chi connectivity index (χ2n) is 9.80. The average molecular weight is 533 g/mol. The van der Waals surface area contributed by atoms with Crippen LogP contribution in [0.2, 0.25) is 0 Å². The zero-order valence-corrected chi connectivity index (χ0v) is 22.1. The molecular formula is C29H32N4O6. The van der Waals surface area contributed by atoms with Crippen LogP contribution in [0, 0.1) is 12.5 Å². The lowest BCUT2D eigenvalue weighted by Crippen LogP contribution is -2.54. The van der Waals surface area contributed by atoms with Crippen molar-refractivity contribution in [3.8, 4) is 0 Å². The van der Waals surface area contributed by atoms with E-state index in [2.05, 4.69) is 15.1 Å². The topological polar surface area (TPSA) is 110 Å². The van der Waals surface area contributed by atoms with Crippen LogP contribution in [0.15, 0.2) is 48.5 Å². The van der Waals surface area contributed by atoms with Gasteiger partial charge in [-0.15, -0.1) is 0 Å². The van der Waals surface area contributed by atoms with Crippen molar-refractivity contribution in [1.29, 1.82) is 0 Å². The molecule has 2 aliphatic heterocycles. The SMILES string of the molecule is [C-]#[N+]c1ccccc1N1CCC(CNC(=O)[C@H](OC(C)=O)[C@@H](OC(C)=O)C(=O)N2Cc3ccccc3C2)CC1. The predicted molar refractivity (Wildman–Crippen MR) is 142 cm³/mol. The first-order valence-electron chi connectivity index (χ1n) is 13.0. The zero-order valence-electron chi connectivity index (χ0n) is 22.1. The van der Waals surface area contributed by atoms with E-state index < -0.39 is 36.0 Å². The highest BCUT2D eigenvalue weighted by Gasteiger charge is 2.42. The molecule has 39 heavy (non-hydrogen) atoms. The number of fused-ring (bicyclic) bond motifs is 1. The molecule has 10 heteroatoms. The van der Waals surface area contributed by atoms with Gasteiger partial charge < -0.3 is 24.6 Å². The molecule has 0 saturated carbocycles. The smallest absolute Gasteiger partial charge is 0.303 e. The summed E-state index contributed by atoms with van der Waals surface area (Å²) < 4.78 is 10.5. The molecule has 10 nitrogen and oxygen atoms in total. The number of amides is 2. The van der Waals surface area contributed by atoms with E-state index in [1.54, 1.807) is 6.07 Å². The Balaban J connectivity index is 1.40. The number of nitrogens with one attached hydrogen (secondary N) is 1. The lowest BCUT2D eigenvalue weighted by Gasteiger charge is -2.34. The number of para-hydroxylation sites is 2. The van der Waals surface area contributed by atoms with Crippen LogP contribution in [0.1, 0.15) is 37.8 Å². The van der Waals surface area contributed by atoms with Gasteiger partial charge in [0.1, 0.15) is 0 Å². The number of carbonyl (C=O) groups excluding carboxylic acids is 4. The van der Waals surface area contributed by atoms with Crippen LogP contribution in [0.4, 0.5) is 11.4 Å². The first kappa shape index (κ1) is 27.6. The van der Waals surface area contributed by atoms with Crippen molar-refractivity contribution >= 4 is 35.1 Å². The number of piperidine rings is 1. The minimum absolute atomic E-state index is 0.152. The Hall–Kier alpha value is -4.39. The minimum atomic E-state index is -1.62. The van der Waals surface area contributed by atoms with Crippen LogP contribution in [0.3, 0.4) is 0 Å². The molecule has 2 aliphatic rings. The summed E-state index contributed by atoms with van der Waals surface area (Å²) in [6, 6.07) is 15.0.